The monoisotopic (exact) mass is 145 g/mol. The number of hydrogen-bond acceptors (Lipinski definition) is 2. The van der Waals surface area contributed by atoms with Gasteiger partial charge in [0.1, 0.15) is 0 Å². The Morgan fingerprint density at radius 3 is 2.10 bits per heavy atom. The van der Waals surface area contributed by atoms with Crippen LogP contribution in [0.25, 0.3) is 0 Å². The van der Waals surface area contributed by atoms with Gasteiger partial charge in [0.05, 0.1) is 0 Å². The van der Waals surface area contributed by atoms with Crippen molar-refractivity contribution in [3.63, 3.8) is 0 Å². The lowest BCUT2D eigenvalue weighted by Crippen LogP contribution is -2.31. The highest BCUT2D eigenvalue weighted by Crippen LogP contribution is 2.09. The molecule has 0 aromatic rings. The average Bonchev–Trinajstić information content (AvgIpc) is 1.85. The third-order valence-corrected chi connectivity index (χ3v) is 1.76. The molecule has 62 valence electrons. The van der Waals surface area contributed by atoms with Crippen molar-refractivity contribution in [2.45, 2.75) is 33.2 Å². The van der Waals surface area contributed by atoms with Crippen LogP contribution in [0.5, 0.6) is 0 Å². The predicted molar refractivity (Wildman–Crippen MR) is 43.7 cm³/mol. The number of nitrogens with two attached hydrogens (primary N) is 1. The smallest absolute Gasteiger partial charge is 0.0471 e. The van der Waals surface area contributed by atoms with Crippen LogP contribution in [0.2, 0.25) is 0 Å². The standard InChI is InChI=1S/C8H19NO/c1-6(2)4-8(9)7(3)5-10/h6-8,10H,4-5,9H2,1-3H3. The van der Waals surface area contributed by atoms with E-state index in [9.17, 15) is 0 Å². The fraction of sp³-hybridized carbons (Fsp3) is 1.00. The van der Waals surface area contributed by atoms with Crippen LogP contribution in [0.15, 0.2) is 0 Å². The lowest BCUT2D eigenvalue weighted by atomic mass is 9.95. The van der Waals surface area contributed by atoms with Crippen molar-refractivity contribution in [3.05, 3.63) is 0 Å². The minimum absolute atomic E-state index is 0.157. The Kier molecular flexibility index (Phi) is 4.65. The molecule has 0 spiro atoms. The highest BCUT2D eigenvalue weighted by molar-refractivity contribution is 4.69. The van der Waals surface area contributed by atoms with E-state index in [1.165, 1.54) is 0 Å². The maximum atomic E-state index is 8.74. The second-order valence-corrected chi connectivity index (χ2v) is 3.45. The summed E-state index contributed by atoms with van der Waals surface area (Å²) >= 11 is 0. The van der Waals surface area contributed by atoms with Gasteiger partial charge in [-0.25, -0.2) is 0 Å². The van der Waals surface area contributed by atoms with Gasteiger partial charge in [-0.3, -0.25) is 0 Å². The van der Waals surface area contributed by atoms with Crippen molar-refractivity contribution < 1.29 is 5.11 Å². The predicted octanol–water partition coefficient (Wildman–Crippen LogP) is 0.988. The van der Waals surface area contributed by atoms with E-state index in [0.29, 0.717) is 5.92 Å². The summed E-state index contributed by atoms with van der Waals surface area (Å²) < 4.78 is 0. The van der Waals surface area contributed by atoms with Crippen molar-refractivity contribution in [1.82, 2.24) is 0 Å². The molecule has 0 aliphatic carbocycles. The maximum Gasteiger partial charge on any atom is 0.0471 e. The van der Waals surface area contributed by atoms with Crippen molar-refractivity contribution >= 4 is 0 Å². The van der Waals surface area contributed by atoms with Gasteiger partial charge in [0.15, 0.2) is 0 Å². The SMILES string of the molecule is CC(C)CC(N)C(C)CO. The molecule has 0 heterocycles. The number of rotatable bonds is 4. The molecule has 3 N–H and O–H groups in total. The molecule has 0 fully saturated rings. The van der Waals surface area contributed by atoms with Gasteiger partial charge in [-0.15, -0.1) is 0 Å². The molecule has 0 saturated carbocycles. The van der Waals surface area contributed by atoms with Crippen LogP contribution in [-0.2, 0) is 0 Å². The molecular weight excluding hydrogens is 126 g/mol. The summed E-state index contributed by atoms with van der Waals surface area (Å²) in [6.45, 7) is 6.47. The van der Waals surface area contributed by atoms with Crippen LogP contribution in [0.4, 0.5) is 0 Å². The lowest BCUT2D eigenvalue weighted by Gasteiger charge is -2.19. The van der Waals surface area contributed by atoms with E-state index in [4.69, 9.17) is 10.8 Å². The molecule has 0 rings (SSSR count). The summed E-state index contributed by atoms with van der Waals surface area (Å²) in [5.41, 5.74) is 5.77. The fourth-order valence-electron chi connectivity index (χ4n) is 0.912. The van der Waals surface area contributed by atoms with Gasteiger partial charge < -0.3 is 10.8 Å². The molecule has 0 saturated heterocycles. The molecule has 2 unspecified atom stereocenters. The van der Waals surface area contributed by atoms with Gasteiger partial charge in [0, 0.05) is 12.6 Å². The third kappa shape index (κ3) is 3.85. The molecule has 0 radical (unpaired) electrons. The quantitative estimate of drug-likeness (QED) is 0.619. The molecule has 10 heavy (non-hydrogen) atoms. The molecule has 0 aromatic heterocycles. The Balaban J connectivity index is 3.50. The van der Waals surface area contributed by atoms with Crippen LogP contribution in [0, 0.1) is 11.8 Å². The minimum atomic E-state index is 0.157. The van der Waals surface area contributed by atoms with Crippen LogP contribution in [0.3, 0.4) is 0 Å². The van der Waals surface area contributed by atoms with Crippen LogP contribution in [-0.4, -0.2) is 17.8 Å². The van der Waals surface area contributed by atoms with E-state index in [1.807, 2.05) is 6.92 Å². The third-order valence-electron chi connectivity index (χ3n) is 1.76. The van der Waals surface area contributed by atoms with E-state index >= 15 is 0 Å². The van der Waals surface area contributed by atoms with E-state index in [1.54, 1.807) is 0 Å². The first-order valence-electron chi connectivity index (χ1n) is 3.94. The topological polar surface area (TPSA) is 46.2 Å². The number of hydrogen-bond donors (Lipinski definition) is 2. The normalized spacial score (nSPS) is 17.4. The largest absolute Gasteiger partial charge is 0.396 e. The van der Waals surface area contributed by atoms with E-state index in [0.717, 1.165) is 6.42 Å². The summed E-state index contributed by atoms with van der Waals surface area (Å²) in [5.74, 6) is 0.867. The highest BCUT2D eigenvalue weighted by Gasteiger charge is 2.12. The first kappa shape index (κ1) is 9.92. The molecule has 0 aliphatic rings. The van der Waals surface area contributed by atoms with Crippen molar-refractivity contribution in [3.8, 4) is 0 Å². The molecule has 0 bridgehead atoms. The second-order valence-electron chi connectivity index (χ2n) is 3.45. The van der Waals surface area contributed by atoms with Crippen LogP contribution < -0.4 is 5.73 Å². The molecule has 0 amide bonds. The summed E-state index contributed by atoms with van der Waals surface area (Å²) in [5, 5.41) is 8.74. The van der Waals surface area contributed by atoms with E-state index in [-0.39, 0.29) is 18.6 Å². The maximum absolute atomic E-state index is 8.74. The average molecular weight is 145 g/mol. The lowest BCUT2D eigenvalue weighted by molar-refractivity contribution is 0.207. The van der Waals surface area contributed by atoms with Gasteiger partial charge in [0.2, 0.25) is 0 Å². The number of aliphatic hydroxyl groups excluding tert-OH is 1. The molecule has 0 aliphatic heterocycles. The zero-order valence-electron chi connectivity index (χ0n) is 7.17. The summed E-state index contributed by atoms with van der Waals surface area (Å²) in [6, 6.07) is 0.157. The van der Waals surface area contributed by atoms with Crippen molar-refractivity contribution in [2.75, 3.05) is 6.61 Å². The Morgan fingerprint density at radius 1 is 1.30 bits per heavy atom. The Morgan fingerprint density at radius 2 is 1.80 bits per heavy atom. The van der Waals surface area contributed by atoms with Gasteiger partial charge in [-0.05, 0) is 18.3 Å². The molecular formula is C8H19NO. The van der Waals surface area contributed by atoms with E-state index < -0.39 is 0 Å². The van der Waals surface area contributed by atoms with Gasteiger partial charge >= 0.3 is 0 Å². The zero-order valence-corrected chi connectivity index (χ0v) is 7.17. The van der Waals surface area contributed by atoms with Gasteiger partial charge in [0.25, 0.3) is 0 Å². The van der Waals surface area contributed by atoms with Crippen LogP contribution in [0.1, 0.15) is 27.2 Å². The number of aliphatic hydroxyl groups is 1. The zero-order chi connectivity index (χ0) is 8.15. The first-order valence-corrected chi connectivity index (χ1v) is 3.94. The van der Waals surface area contributed by atoms with Crippen molar-refractivity contribution in [2.24, 2.45) is 17.6 Å². The summed E-state index contributed by atoms with van der Waals surface area (Å²) in [7, 11) is 0. The fourth-order valence-corrected chi connectivity index (χ4v) is 0.912. The molecule has 2 atom stereocenters. The van der Waals surface area contributed by atoms with Gasteiger partial charge in [-0.2, -0.15) is 0 Å². The Hall–Kier alpha value is -0.0800. The van der Waals surface area contributed by atoms with E-state index in [2.05, 4.69) is 13.8 Å². The van der Waals surface area contributed by atoms with Crippen LogP contribution >= 0.6 is 0 Å². The molecule has 2 heteroatoms. The highest BCUT2D eigenvalue weighted by atomic mass is 16.3. The minimum Gasteiger partial charge on any atom is -0.396 e. The summed E-state index contributed by atoms with van der Waals surface area (Å²) in [4.78, 5) is 0. The molecule has 0 aromatic carbocycles. The first-order chi connectivity index (χ1) is 4.57. The van der Waals surface area contributed by atoms with Gasteiger partial charge in [-0.1, -0.05) is 20.8 Å². The summed E-state index contributed by atoms with van der Waals surface area (Å²) in [6.07, 6.45) is 1.00. The van der Waals surface area contributed by atoms with Crippen molar-refractivity contribution in [1.29, 1.82) is 0 Å². The Bertz CT molecular complexity index is 83.3. The molecule has 2 nitrogen and oxygen atoms in total. The Labute approximate surface area is 63.4 Å². The second kappa shape index (κ2) is 4.69.